The maximum absolute atomic E-state index is 11.9. The number of amides is 1. The molecule has 0 spiro atoms. The lowest BCUT2D eigenvalue weighted by atomic mass is 10.2. The van der Waals surface area contributed by atoms with Gasteiger partial charge >= 0.3 is 0 Å². The van der Waals surface area contributed by atoms with E-state index in [9.17, 15) is 9.59 Å². The maximum atomic E-state index is 11.9. The van der Waals surface area contributed by atoms with E-state index in [1.54, 1.807) is 6.92 Å². The van der Waals surface area contributed by atoms with Crippen LogP contribution in [0.2, 0.25) is 0 Å². The summed E-state index contributed by atoms with van der Waals surface area (Å²) in [7, 11) is 0. The summed E-state index contributed by atoms with van der Waals surface area (Å²) in [6, 6.07) is 7.61. The van der Waals surface area contributed by atoms with Crippen LogP contribution in [0, 0.1) is 13.8 Å². The molecule has 0 aliphatic rings. The number of thiazole rings is 1. The molecular weight excluding hydrogens is 272 g/mol. The molecule has 20 heavy (non-hydrogen) atoms. The number of carbonyl (C=O) groups is 2. The Balaban J connectivity index is 2.03. The molecule has 1 amide bonds. The van der Waals surface area contributed by atoms with E-state index in [1.165, 1.54) is 18.3 Å². The minimum Gasteiger partial charge on any atom is -0.326 e. The van der Waals surface area contributed by atoms with Crippen molar-refractivity contribution in [3.8, 4) is 0 Å². The number of aromatic nitrogens is 1. The molecule has 1 N–H and O–H groups in total. The minimum absolute atomic E-state index is 0.00908. The van der Waals surface area contributed by atoms with Crippen LogP contribution < -0.4 is 5.32 Å². The van der Waals surface area contributed by atoms with Gasteiger partial charge in [-0.15, -0.1) is 11.3 Å². The first-order valence-corrected chi connectivity index (χ1v) is 7.11. The number of ketones is 1. The van der Waals surface area contributed by atoms with Crippen LogP contribution in [0.5, 0.6) is 0 Å². The summed E-state index contributed by atoms with van der Waals surface area (Å²) in [5.41, 5.74) is 2.60. The summed E-state index contributed by atoms with van der Waals surface area (Å²) in [5, 5.41) is 3.48. The third-order valence-electron chi connectivity index (χ3n) is 2.81. The van der Waals surface area contributed by atoms with Crippen LogP contribution >= 0.6 is 11.3 Å². The average Bonchev–Trinajstić information content (AvgIpc) is 2.73. The number of carbonyl (C=O) groups excluding carboxylic acids is 2. The van der Waals surface area contributed by atoms with E-state index < -0.39 is 0 Å². The second-order valence-corrected chi connectivity index (χ2v) is 5.75. The lowest BCUT2D eigenvalue weighted by Crippen LogP contribution is -2.14. The van der Waals surface area contributed by atoms with E-state index in [0.29, 0.717) is 15.6 Å². The fourth-order valence-corrected chi connectivity index (χ4v) is 2.79. The largest absolute Gasteiger partial charge is 0.326 e. The van der Waals surface area contributed by atoms with E-state index in [2.05, 4.69) is 10.3 Å². The molecular formula is C15H16N2O2S. The standard InChI is InChI=1S/C15H16N2O2S/c1-9-4-6-12(7-5-9)17-13(19)8-14-16-10(2)15(20-14)11(3)18/h4-7H,8H2,1-3H3,(H,17,19). The van der Waals surface area contributed by atoms with Crippen molar-refractivity contribution in [1.29, 1.82) is 0 Å². The fourth-order valence-electron chi connectivity index (χ4n) is 1.83. The van der Waals surface area contributed by atoms with Crippen molar-refractivity contribution < 1.29 is 9.59 Å². The third kappa shape index (κ3) is 3.51. The maximum Gasteiger partial charge on any atom is 0.231 e. The van der Waals surface area contributed by atoms with Gasteiger partial charge in [-0.1, -0.05) is 17.7 Å². The third-order valence-corrected chi connectivity index (χ3v) is 4.07. The van der Waals surface area contributed by atoms with Gasteiger partial charge < -0.3 is 5.32 Å². The number of anilines is 1. The van der Waals surface area contributed by atoms with E-state index in [0.717, 1.165) is 11.3 Å². The molecule has 1 heterocycles. The zero-order valence-electron chi connectivity index (χ0n) is 11.7. The minimum atomic E-state index is -0.127. The molecule has 104 valence electrons. The monoisotopic (exact) mass is 288 g/mol. The SMILES string of the molecule is CC(=O)c1sc(CC(=O)Nc2ccc(C)cc2)nc1C. The van der Waals surface area contributed by atoms with Crippen LogP contribution in [-0.2, 0) is 11.2 Å². The van der Waals surface area contributed by atoms with Crippen molar-refractivity contribution in [2.24, 2.45) is 0 Å². The van der Waals surface area contributed by atoms with E-state index in [4.69, 9.17) is 0 Å². The highest BCUT2D eigenvalue weighted by molar-refractivity contribution is 7.13. The summed E-state index contributed by atoms with van der Waals surface area (Å²) in [4.78, 5) is 28.2. The second-order valence-electron chi connectivity index (χ2n) is 4.67. The Hall–Kier alpha value is -2.01. The number of benzene rings is 1. The Morgan fingerprint density at radius 2 is 1.85 bits per heavy atom. The van der Waals surface area contributed by atoms with Gasteiger partial charge in [-0.2, -0.15) is 0 Å². The highest BCUT2D eigenvalue weighted by Crippen LogP contribution is 2.19. The van der Waals surface area contributed by atoms with Crippen molar-refractivity contribution in [3.05, 3.63) is 45.4 Å². The quantitative estimate of drug-likeness (QED) is 0.879. The van der Waals surface area contributed by atoms with Gasteiger partial charge in [0, 0.05) is 12.6 Å². The van der Waals surface area contributed by atoms with Gasteiger partial charge in [0.25, 0.3) is 0 Å². The Labute approximate surface area is 121 Å². The van der Waals surface area contributed by atoms with Crippen LogP contribution in [-0.4, -0.2) is 16.7 Å². The Morgan fingerprint density at radius 1 is 1.20 bits per heavy atom. The predicted molar refractivity (Wildman–Crippen MR) is 80.4 cm³/mol. The highest BCUT2D eigenvalue weighted by atomic mass is 32.1. The smallest absolute Gasteiger partial charge is 0.231 e. The molecule has 5 heteroatoms. The second kappa shape index (κ2) is 5.96. The van der Waals surface area contributed by atoms with Gasteiger partial charge in [0.2, 0.25) is 5.91 Å². The number of Topliss-reactive ketones (excluding diaryl/α,β-unsaturated/α-hetero) is 1. The summed E-state index contributed by atoms with van der Waals surface area (Å²) in [6.45, 7) is 5.29. The molecule has 0 atom stereocenters. The predicted octanol–water partition coefficient (Wildman–Crippen LogP) is 3.14. The number of hydrogen-bond acceptors (Lipinski definition) is 4. The van der Waals surface area contributed by atoms with Crippen LogP contribution in [0.25, 0.3) is 0 Å². The van der Waals surface area contributed by atoms with E-state index in [1.807, 2.05) is 31.2 Å². The average molecular weight is 288 g/mol. The first-order valence-electron chi connectivity index (χ1n) is 6.29. The summed E-state index contributed by atoms with van der Waals surface area (Å²) in [6.07, 6.45) is 0.187. The molecule has 2 aromatic rings. The normalized spacial score (nSPS) is 10.3. The molecule has 0 unspecified atom stereocenters. The molecule has 0 saturated carbocycles. The van der Waals surface area contributed by atoms with Crippen molar-refractivity contribution in [2.45, 2.75) is 27.2 Å². The van der Waals surface area contributed by atoms with Gasteiger partial charge in [-0.05, 0) is 26.0 Å². The van der Waals surface area contributed by atoms with Crippen LogP contribution in [0.4, 0.5) is 5.69 Å². The molecule has 2 rings (SSSR count). The Morgan fingerprint density at radius 3 is 2.40 bits per heavy atom. The van der Waals surface area contributed by atoms with Gasteiger partial charge in [0.15, 0.2) is 5.78 Å². The lowest BCUT2D eigenvalue weighted by Gasteiger charge is -2.03. The molecule has 0 saturated heterocycles. The number of hydrogen-bond donors (Lipinski definition) is 1. The van der Waals surface area contributed by atoms with Crippen molar-refractivity contribution in [1.82, 2.24) is 4.98 Å². The Kier molecular flexibility index (Phi) is 4.29. The first kappa shape index (κ1) is 14.4. The summed E-state index contributed by atoms with van der Waals surface area (Å²) in [5.74, 6) is -0.136. The van der Waals surface area contributed by atoms with Gasteiger partial charge in [-0.25, -0.2) is 4.98 Å². The molecule has 0 radical (unpaired) electrons. The number of rotatable bonds is 4. The van der Waals surface area contributed by atoms with Crippen molar-refractivity contribution in [2.75, 3.05) is 5.32 Å². The summed E-state index contributed by atoms with van der Waals surface area (Å²) >= 11 is 1.29. The zero-order chi connectivity index (χ0) is 14.7. The molecule has 1 aromatic carbocycles. The molecule has 4 nitrogen and oxygen atoms in total. The highest BCUT2D eigenvalue weighted by Gasteiger charge is 2.14. The van der Waals surface area contributed by atoms with Crippen molar-refractivity contribution in [3.63, 3.8) is 0 Å². The van der Waals surface area contributed by atoms with Crippen molar-refractivity contribution >= 4 is 28.7 Å². The van der Waals surface area contributed by atoms with Crippen LogP contribution in [0.1, 0.15) is 32.9 Å². The van der Waals surface area contributed by atoms with E-state index in [-0.39, 0.29) is 18.1 Å². The summed E-state index contributed by atoms with van der Waals surface area (Å²) < 4.78 is 0. The Bertz CT molecular complexity index is 644. The molecule has 0 bridgehead atoms. The van der Waals surface area contributed by atoms with Gasteiger partial charge in [0.1, 0.15) is 5.01 Å². The zero-order valence-corrected chi connectivity index (χ0v) is 12.5. The fraction of sp³-hybridized carbons (Fsp3) is 0.267. The molecule has 0 aliphatic heterocycles. The number of nitrogens with zero attached hydrogens (tertiary/aromatic N) is 1. The molecule has 0 fully saturated rings. The van der Waals surface area contributed by atoms with Crippen LogP contribution in [0.15, 0.2) is 24.3 Å². The number of aryl methyl sites for hydroxylation is 2. The topological polar surface area (TPSA) is 59.1 Å². The lowest BCUT2D eigenvalue weighted by molar-refractivity contribution is -0.115. The number of nitrogens with one attached hydrogen (secondary N) is 1. The van der Waals surface area contributed by atoms with Crippen LogP contribution in [0.3, 0.4) is 0 Å². The molecule has 0 aliphatic carbocycles. The van der Waals surface area contributed by atoms with Gasteiger partial charge in [-0.3, -0.25) is 9.59 Å². The van der Waals surface area contributed by atoms with E-state index >= 15 is 0 Å². The first-order chi connectivity index (χ1) is 9.45. The van der Waals surface area contributed by atoms with Gasteiger partial charge in [0.05, 0.1) is 17.0 Å². The molecule has 1 aromatic heterocycles.